The Kier molecular flexibility index (Phi) is 2.28. The summed E-state index contributed by atoms with van der Waals surface area (Å²) >= 11 is 5.24. The fourth-order valence-corrected chi connectivity index (χ4v) is 1.08. The maximum absolute atomic E-state index is 12.5. The number of halogens is 2. The van der Waals surface area contributed by atoms with E-state index in [2.05, 4.69) is 0 Å². The Hall–Kier alpha value is -0.560. The third-order valence-electron chi connectivity index (χ3n) is 1.42. The van der Waals surface area contributed by atoms with Gasteiger partial charge in [0.15, 0.2) is 5.63 Å². The number of rotatable bonds is 1. The summed E-state index contributed by atoms with van der Waals surface area (Å²) in [4.78, 5) is 0. The zero-order valence-corrected chi connectivity index (χ0v) is 6.40. The average molecular weight is 159 g/mol. The van der Waals surface area contributed by atoms with Crippen LogP contribution in [-0.2, 0) is 0 Å². The molecule has 1 unspecified atom stereocenters. The number of benzene rings is 1. The summed E-state index contributed by atoms with van der Waals surface area (Å²) < 4.78 is 12.5. The predicted molar refractivity (Wildman–Crippen MR) is 40.9 cm³/mol. The second kappa shape index (κ2) is 3.02. The van der Waals surface area contributed by atoms with E-state index in [1.54, 1.807) is 12.1 Å². The standard InChI is InChI=1S/C8H8ClF/c1-6-4-2-3-5-7(6)8(9)10/h2-5,8H,1H3. The van der Waals surface area contributed by atoms with Crippen molar-refractivity contribution >= 4 is 11.6 Å². The number of hydrogen-bond donors (Lipinski definition) is 0. The summed E-state index contributed by atoms with van der Waals surface area (Å²) in [7, 11) is 0. The lowest BCUT2D eigenvalue weighted by Crippen LogP contribution is -1.85. The van der Waals surface area contributed by atoms with E-state index in [1.807, 2.05) is 19.1 Å². The van der Waals surface area contributed by atoms with Crippen LogP contribution in [0.5, 0.6) is 0 Å². The smallest absolute Gasteiger partial charge is 0.199 e. The molecule has 0 aliphatic heterocycles. The molecule has 1 rings (SSSR count). The van der Waals surface area contributed by atoms with Gasteiger partial charge in [-0.15, -0.1) is 0 Å². The Morgan fingerprint density at radius 3 is 2.40 bits per heavy atom. The van der Waals surface area contributed by atoms with Crippen LogP contribution in [0.4, 0.5) is 4.39 Å². The first-order valence-corrected chi connectivity index (χ1v) is 3.49. The molecule has 0 aromatic heterocycles. The Balaban J connectivity index is 3.03. The van der Waals surface area contributed by atoms with Gasteiger partial charge in [-0.05, 0) is 12.5 Å². The SMILES string of the molecule is Cc1ccccc1C(F)Cl. The van der Waals surface area contributed by atoms with Gasteiger partial charge in [-0.25, -0.2) is 4.39 Å². The molecule has 0 aliphatic rings. The molecule has 1 aromatic carbocycles. The van der Waals surface area contributed by atoms with Crippen LogP contribution in [-0.4, -0.2) is 0 Å². The van der Waals surface area contributed by atoms with Gasteiger partial charge < -0.3 is 0 Å². The summed E-state index contributed by atoms with van der Waals surface area (Å²) in [6.07, 6.45) is 0. The molecular weight excluding hydrogens is 151 g/mol. The summed E-state index contributed by atoms with van der Waals surface area (Å²) in [5, 5.41) is 0. The van der Waals surface area contributed by atoms with Crippen molar-refractivity contribution in [3.8, 4) is 0 Å². The summed E-state index contributed by atoms with van der Waals surface area (Å²) in [5.41, 5.74) is 0.0790. The van der Waals surface area contributed by atoms with Crippen LogP contribution < -0.4 is 0 Å². The Morgan fingerprint density at radius 2 is 2.00 bits per heavy atom. The molecule has 1 atom stereocenters. The largest absolute Gasteiger partial charge is 0.225 e. The highest BCUT2D eigenvalue weighted by molar-refractivity contribution is 6.19. The molecule has 54 valence electrons. The van der Waals surface area contributed by atoms with Crippen molar-refractivity contribution in [2.24, 2.45) is 0 Å². The summed E-state index contributed by atoms with van der Waals surface area (Å²) in [6, 6.07) is 7.16. The van der Waals surface area contributed by atoms with Crippen LogP contribution in [0.3, 0.4) is 0 Å². The Morgan fingerprint density at radius 1 is 1.40 bits per heavy atom. The van der Waals surface area contributed by atoms with Gasteiger partial charge in [-0.1, -0.05) is 35.9 Å². The van der Waals surface area contributed by atoms with Gasteiger partial charge in [0.05, 0.1) is 0 Å². The maximum Gasteiger partial charge on any atom is 0.199 e. The second-order valence-corrected chi connectivity index (χ2v) is 2.54. The van der Waals surface area contributed by atoms with E-state index < -0.39 is 5.63 Å². The third-order valence-corrected chi connectivity index (χ3v) is 1.66. The van der Waals surface area contributed by atoms with Gasteiger partial charge in [-0.2, -0.15) is 0 Å². The van der Waals surface area contributed by atoms with Crippen molar-refractivity contribution in [3.63, 3.8) is 0 Å². The molecule has 0 bridgehead atoms. The van der Waals surface area contributed by atoms with E-state index in [0.29, 0.717) is 5.56 Å². The first-order chi connectivity index (χ1) is 4.72. The Labute approximate surface area is 64.6 Å². The lowest BCUT2D eigenvalue weighted by Gasteiger charge is -2.02. The lowest BCUT2D eigenvalue weighted by atomic mass is 10.1. The number of aryl methyl sites for hydroxylation is 1. The van der Waals surface area contributed by atoms with E-state index in [0.717, 1.165) is 5.56 Å². The molecule has 0 spiro atoms. The first-order valence-electron chi connectivity index (χ1n) is 3.05. The number of alkyl halides is 2. The van der Waals surface area contributed by atoms with E-state index >= 15 is 0 Å². The molecule has 1 aromatic rings. The molecule has 10 heavy (non-hydrogen) atoms. The minimum atomic E-state index is -1.37. The molecule has 0 saturated carbocycles. The topological polar surface area (TPSA) is 0 Å². The van der Waals surface area contributed by atoms with Gasteiger partial charge in [0, 0.05) is 5.56 Å². The van der Waals surface area contributed by atoms with E-state index in [9.17, 15) is 4.39 Å². The van der Waals surface area contributed by atoms with Crippen LogP contribution in [0, 0.1) is 6.92 Å². The molecule has 0 N–H and O–H groups in total. The minimum absolute atomic E-state index is 0.559. The normalized spacial score (nSPS) is 13.1. The summed E-state index contributed by atoms with van der Waals surface area (Å²) in [6.45, 7) is 1.84. The van der Waals surface area contributed by atoms with Crippen molar-refractivity contribution in [1.82, 2.24) is 0 Å². The molecule has 0 amide bonds. The molecule has 0 fully saturated rings. The minimum Gasteiger partial charge on any atom is -0.225 e. The lowest BCUT2D eigenvalue weighted by molar-refractivity contribution is 0.459. The van der Waals surface area contributed by atoms with Gasteiger partial charge in [0.25, 0.3) is 0 Å². The summed E-state index contributed by atoms with van der Waals surface area (Å²) in [5.74, 6) is 0. The van der Waals surface area contributed by atoms with Gasteiger partial charge in [0.1, 0.15) is 0 Å². The fraction of sp³-hybridized carbons (Fsp3) is 0.250. The van der Waals surface area contributed by atoms with Crippen molar-refractivity contribution in [1.29, 1.82) is 0 Å². The highest BCUT2D eigenvalue weighted by Crippen LogP contribution is 2.23. The highest BCUT2D eigenvalue weighted by atomic mass is 35.5. The maximum atomic E-state index is 12.5. The van der Waals surface area contributed by atoms with Gasteiger partial charge in [0.2, 0.25) is 0 Å². The van der Waals surface area contributed by atoms with Crippen molar-refractivity contribution in [2.75, 3.05) is 0 Å². The molecule has 0 radical (unpaired) electrons. The average Bonchev–Trinajstić information content (AvgIpc) is 1.88. The first kappa shape index (κ1) is 7.55. The molecule has 0 saturated heterocycles. The third kappa shape index (κ3) is 1.48. The molecule has 2 heteroatoms. The van der Waals surface area contributed by atoms with E-state index in [1.165, 1.54) is 0 Å². The molecule has 0 nitrogen and oxygen atoms in total. The zero-order valence-electron chi connectivity index (χ0n) is 5.64. The quantitative estimate of drug-likeness (QED) is 0.551. The Bertz CT molecular complexity index is 220. The fourth-order valence-electron chi connectivity index (χ4n) is 0.832. The molecule has 0 aliphatic carbocycles. The van der Waals surface area contributed by atoms with Crippen molar-refractivity contribution < 1.29 is 4.39 Å². The van der Waals surface area contributed by atoms with Crippen LogP contribution in [0.15, 0.2) is 24.3 Å². The number of hydrogen-bond acceptors (Lipinski definition) is 0. The van der Waals surface area contributed by atoms with Gasteiger partial charge >= 0.3 is 0 Å². The van der Waals surface area contributed by atoms with Crippen molar-refractivity contribution in [3.05, 3.63) is 35.4 Å². The zero-order chi connectivity index (χ0) is 7.56. The van der Waals surface area contributed by atoms with Crippen LogP contribution >= 0.6 is 11.6 Å². The van der Waals surface area contributed by atoms with Crippen LogP contribution in [0.2, 0.25) is 0 Å². The van der Waals surface area contributed by atoms with E-state index in [-0.39, 0.29) is 0 Å². The van der Waals surface area contributed by atoms with Crippen molar-refractivity contribution in [2.45, 2.75) is 12.6 Å². The molecular formula is C8H8ClF. The predicted octanol–water partition coefficient (Wildman–Crippen LogP) is 3.20. The molecule has 0 heterocycles. The second-order valence-electron chi connectivity index (χ2n) is 2.16. The monoisotopic (exact) mass is 158 g/mol. The highest BCUT2D eigenvalue weighted by Gasteiger charge is 2.05. The van der Waals surface area contributed by atoms with Gasteiger partial charge in [-0.3, -0.25) is 0 Å². The van der Waals surface area contributed by atoms with E-state index in [4.69, 9.17) is 11.6 Å². The van der Waals surface area contributed by atoms with Crippen LogP contribution in [0.1, 0.15) is 16.8 Å². The van der Waals surface area contributed by atoms with Crippen LogP contribution in [0.25, 0.3) is 0 Å².